The summed E-state index contributed by atoms with van der Waals surface area (Å²) in [5.74, 6) is 0.361. The van der Waals surface area contributed by atoms with Crippen LogP contribution in [0.5, 0.6) is 0 Å². The van der Waals surface area contributed by atoms with Crippen LogP contribution in [-0.4, -0.2) is 88.1 Å². The molecule has 1 fully saturated rings. The second-order valence-corrected chi connectivity index (χ2v) is 18.9. The highest BCUT2D eigenvalue weighted by atomic mass is 16.5. The lowest BCUT2D eigenvalue weighted by Crippen LogP contribution is -2.25. The minimum absolute atomic E-state index is 0.0778. The van der Waals surface area contributed by atoms with E-state index in [0.717, 1.165) is 83.8 Å². The van der Waals surface area contributed by atoms with Gasteiger partial charge in [0, 0.05) is 39.6 Å². The molecular formula is C57H112O10. The smallest absolute Gasteiger partial charge is 0.305 e. The fourth-order valence-electron chi connectivity index (χ4n) is 7.98. The van der Waals surface area contributed by atoms with Crippen molar-refractivity contribution >= 4 is 17.9 Å². The number of rotatable bonds is 42. The Morgan fingerprint density at radius 3 is 1.10 bits per heavy atom. The second kappa shape index (κ2) is 58.3. The van der Waals surface area contributed by atoms with Crippen molar-refractivity contribution in [2.45, 2.75) is 290 Å². The number of hydrogen-bond acceptors (Lipinski definition) is 10. The molecule has 400 valence electrons. The third kappa shape index (κ3) is 56.5. The Morgan fingerprint density at radius 2 is 0.761 bits per heavy atom. The van der Waals surface area contributed by atoms with Gasteiger partial charge in [0.15, 0.2) is 0 Å². The Bertz CT molecular complexity index is 1020. The molecule has 4 unspecified atom stereocenters. The van der Waals surface area contributed by atoms with Crippen LogP contribution in [0.25, 0.3) is 0 Å². The van der Waals surface area contributed by atoms with Crippen molar-refractivity contribution in [3.8, 4) is 0 Å². The number of methoxy groups -OCH3 is 4. The molecule has 10 nitrogen and oxygen atoms in total. The summed E-state index contributed by atoms with van der Waals surface area (Å²) in [4.78, 5) is 32.8. The Hall–Kier alpha value is -2.01. The monoisotopic (exact) mass is 957 g/mol. The van der Waals surface area contributed by atoms with Crippen LogP contribution in [0.2, 0.25) is 0 Å². The summed E-state index contributed by atoms with van der Waals surface area (Å²) in [6.45, 7) is 11.0. The molecule has 0 bridgehead atoms. The van der Waals surface area contributed by atoms with Gasteiger partial charge in [-0.2, -0.15) is 0 Å². The van der Waals surface area contributed by atoms with E-state index in [0.29, 0.717) is 44.1 Å². The van der Waals surface area contributed by atoms with Crippen LogP contribution < -0.4 is 0 Å². The minimum Gasteiger partial charge on any atom is -0.469 e. The van der Waals surface area contributed by atoms with Gasteiger partial charge in [0.25, 0.3) is 0 Å². The first kappa shape index (κ1) is 69.3. The lowest BCUT2D eigenvalue weighted by molar-refractivity contribution is -0.141. The first-order valence-electron chi connectivity index (χ1n) is 27.9. The Morgan fingerprint density at radius 1 is 0.448 bits per heavy atom. The van der Waals surface area contributed by atoms with Crippen LogP contribution in [0.15, 0.2) is 12.2 Å². The molecule has 0 spiro atoms. The largest absolute Gasteiger partial charge is 0.469 e. The third-order valence-electron chi connectivity index (χ3n) is 12.7. The van der Waals surface area contributed by atoms with E-state index in [9.17, 15) is 24.6 Å². The Labute approximate surface area is 414 Å². The molecule has 0 radical (unpaired) electrons. The molecule has 10 heteroatoms. The molecule has 2 N–H and O–H groups in total. The van der Waals surface area contributed by atoms with Crippen LogP contribution in [0.4, 0.5) is 0 Å². The van der Waals surface area contributed by atoms with Gasteiger partial charge in [0.1, 0.15) is 0 Å². The van der Waals surface area contributed by atoms with Gasteiger partial charge in [-0.15, -0.1) is 0 Å². The summed E-state index contributed by atoms with van der Waals surface area (Å²) in [5.41, 5.74) is 0. The van der Waals surface area contributed by atoms with Crippen molar-refractivity contribution in [1.29, 1.82) is 0 Å². The lowest BCUT2D eigenvalue weighted by Gasteiger charge is -2.22. The molecule has 0 aliphatic carbocycles. The molecule has 1 saturated heterocycles. The number of hydrogen-bond donors (Lipinski definition) is 2. The van der Waals surface area contributed by atoms with Gasteiger partial charge in [-0.1, -0.05) is 181 Å². The van der Waals surface area contributed by atoms with E-state index in [2.05, 4.69) is 54.1 Å². The van der Waals surface area contributed by atoms with Crippen molar-refractivity contribution in [1.82, 2.24) is 0 Å². The zero-order chi connectivity index (χ0) is 50.3. The number of ether oxygens (including phenoxy) is 5. The highest BCUT2D eigenvalue weighted by Crippen LogP contribution is 2.21. The molecular weight excluding hydrogens is 845 g/mol. The number of esters is 3. The van der Waals surface area contributed by atoms with Crippen LogP contribution in [-0.2, 0) is 38.1 Å². The third-order valence-corrected chi connectivity index (χ3v) is 12.7. The number of aliphatic hydroxyl groups is 2. The Kier molecular flexibility index (Phi) is 60.3. The maximum atomic E-state index is 11.0. The van der Waals surface area contributed by atoms with E-state index < -0.39 is 12.2 Å². The summed E-state index contributed by atoms with van der Waals surface area (Å²) in [5, 5.41) is 19.7. The summed E-state index contributed by atoms with van der Waals surface area (Å²) < 4.78 is 24.5. The van der Waals surface area contributed by atoms with Gasteiger partial charge < -0.3 is 33.9 Å². The summed E-state index contributed by atoms with van der Waals surface area (Å²) in [7, 11) is 6.18. The quantitative estimate of drug-likeness (QED) is 0.0263. The maximum absolute atomic E-state index is 11.0. The van der Waals surface area contributed by atoms with Crippen molar-refractivity contribution in [2.75, 3.05) is 41.7 Å². The molecule has 0 amide bonds. The fraction of sp³-hybridized carbons (Fsp3) is 0.912. The van der Waals surface area contributed by atoms with Gasteiger partial charge in [-0.05, 0) is 89.4 Å². The van der Waals surface area contributed by atoms with Gasteiger partial charge >= 0.3 is 17.9 Å². The standard InChI is InChI=1S/C19H38O3.C17H34O4.C17H32O2.C4H8O/c1-5-6-7-11-14-17(2)18(21-3)15-12-9-8-10-13-16-19(20)22-4;1-3-4-5-9-12-15(18)16(19)13-10-7-6-8-11-14-17(20)21-2;1-3-4-5-6-7-8-9-10-11-12-13-14-15-16-17(18)19-2;1-2-4-5-3-1/h17-18H,5-16H2,1-4H3;15-16,18-19H,3-14H2,1-2H3;8-9H,3-7,10-16H2,1-2H3;1-4H2/b;;9-8-;. The second-order valence-electron chi connectivity index (χ2n) is 18.9. The van der Waals surface area contributed by atoms with E-state index in [-0.39, 0.29) is 17.9 Å². The molecule has 1 aliphatic heterocycles. The van der Waals surface area contributed by atoms with Gasteiger partial charge in [-0.3, -0.25) is 14.4 Å². The molecule has 1 heterocycles. The number of unbranched alkanes of at least 4 members (excludes halogenated alkanes) is 23. The molecule has 0 aromatic heterocycles. The van der Waals surface area contributed by atoms with Gasteiger partial charge in [0.05, 0.1) is 39.6 Å². The van der Waals surface area contributed by atoms with Crippen molar-refractivity contribution < 1.29 is 48.3 Å². The zero-order valence-electron chi connectivity index (χ0n) is 45.4. The van der Waals surface area contributed by atoms with Crippen LogP contribution in [0.1, 0.15) is 272 Å². The van der Waals surface area contributed by atoms with Crippen LogP contribution >= 0.6 is 0 Å². The highest BCUT2D eigenvalue weighted by Gasteiger charge is 2.16. The van der Waals surface area contributed by atoms with E-state index in [4.69, 9.17) is 9.47 Å². The van der Waals surface area contributed by atoms with Crippen molar-refractivity contribution in [3.63, 3.8) is 0 Å². The summed E-state index contributed by atoms with van der Waals surface area (Å²) >= 11 is 0. The van der Waals surface area contributed by atoms with Gasteiger partial charge in [-0.25, -0.2) is 0 Å². The average Bonchev–Trinajstić information content (AvgIpc) is 3.94. The molecule has 4 atom stereocenters. The zero-order valence-corrected chi connectivity index (χ0v) is 45.4. The van der Waals surface area contributed by atoms with Crippen molar-refractivity contribution in [3.05, 3.63) is 12.2 Å². The fourth-order valence-corrected chi connectivity index (χ4v) is 7.98. The van der Waals surface area contributed by atoms with Crippen molar-refractivity contribution in [2.24, 2.45) is 5.92 Å². The topological polar surface area (TPSA) is 138 Å². The average molecular weight is 958 g/mol. The molecule has 0 aromatic rings. The predicted molar refractivity (Wildman–Crippen MR) is 280 cm³/mol. The lowest BCUT2D eigenvalue weighted by atomic mass is 9.93. The first-order valence-corrected chi connectivity index (χ1v) is 27.9. The van der Waals surface area contributed by atoms with E-state index in [1.54, 1.807) is 0 Å². The summed E-state index contributed by atoms with van der Waals surface area (Å²) in [6.07, 6.45) is 46.3. The molecule has 1 aliphatic rings. The molecule has 1 rings (SSSR count). The minimum atomic E-state index is -0.582. The number of allylic oxidation sites excluding steroid dienone is 2. The number of carbonyl (C=O) groups is 3. The van der Waals surface area contributed by atoms with Gasteiger partial charge in [0.2, 0.25) is 0 Å². The van der Waals surface area contributed by atoms with E-state index >= 15 is 0 Å². The molecule has 67 heavy (non-hydrogen) atoms. The Balaban J connectivity index is -0.000000869. The van der Waals surface area contributed by atoms with Crippen LogP contribution in [0.3, 0.4) is 0 Å². The molecule has 0 saturated carbocycles. The SMILES string of the molecule is C1CCOC1.CCCCCC/C=C\CCCCCCCC(=O)OC.CCCCCCC(C)C(CCCCCCCC(=O)OC)OC.CCCCCCC(O)C(O)CCCCCCCC(=O)OC. The maximum Gasteiger partial charge on any atom is 0.305 e. The number of aliphatic hydroxyl groups excluding tert-OH is 2. The predicted octanol–water partition coefficient (Wildman–Crippen LogP) is 15.3. The normalized spacial score (nSPS) is 13.8. The highest BCUT2D eigenvalue weighted by molar-refractivity contribution is 5.69. The first-order chi connectivity index (χ1) is 32.6. The molecule has 0 aromatic carbocycles. The van der Waals surface area contributed by atoms with Crippen LogP contribution in [0, 0.1) is 5.92 Å². The van der Waals surface area contributed by atoms with E-state index in [1.165, 1.54) is 163 Å². The van der Waals surface area contributed by atoms with E-state index in [1.807, 2.05) is 7.11 Å². The number of carbonyl (C=O) groups excluding carboxylic acids is 3. The summed E-state index contributed by atoms with van der Waals surface area (Å²) in [6, 6.07) is 0.